The molecule has 3 heterocycles. The molecular formula is C19H15N5OS. The lowest BCUT2D eigenvalue weighted by Gasteiger charge is -2.10. The van der Waals surface area contributed by atoms with E-state index in [1.54, 1.807) is 45.8 Å². The summed E-state index contributed by atoms with van der Waals surface area (Å²) in [5.41, 5.74) is 1.65. The Balaban J connectivity index is 1.84. The molecule has 0 amide bonds. The number of benzene rings is 1. The number of pyridine rings is 1. The topological polar surface area (TPSA) is 65.6 Å². The van der Waals surface area contributed by atoms with Gasteiger partial charge in [0, 0.05) is 23.4 Å². The third kappa shape index (κ3) is 3.04. The summed E-state index contributed by atoms with van der Waals surface area (Å²) in [6, 6.07) is 16.8. The Morgan fingerprint density at radius 1 is 1.00 bits per heavy atom. The monoisotopic (exact) mass is 361 g/mol. The van der Waals surface area contributed by atoms with Gasteiger partial charge >= 0.3 is 0 Å². The Morgan fingerprint density at radius 2 is 1.92 bits per heavy atom. The Bertz CT molecular complexity index is 1100. The smallest absolute Gasteiger partial charge is 0.209 e. The molecule has 0 spiro atoms. The lowest BCUT2D eigenvalue weighted by Crippen LogP contribution is -2.15. The van der Waals surface area contributed by atoms with Gasteiger partial charge < -0.3 is 0 Å². The molecule has 4 aromatic rings. The average Bonchev–Trinajstić information content (AvgIpc) is 3.18. The quantitative estimate of drug-likeness (QED) is 0.522. The van der Waals surface area contributed by atoms with E-state index < -0.39 is 0 Å². The number of nitrogens with zero attached hydrogens (tertiary/aromatic N) is 5. The van der Waals surface area contributed by atoms with Crippen LogP contribution in [-0.4, -0.2) is 30.8 Å². The van der Waals surface area contributed by atoms with Crippen LogP contribution in [0.5, 0.6) is 0 Å². The number of aromatic nitrogens is 5. The van der Waals surface area contributed by atoms with Crippen molar-refractivity contribution in [1.29, 1.82) is 0 Å². The molecule has 0 atom stereocenters. The Labute approximate surface area is 154 Å². The van der Waals surface area contributed by atoms with Crippen molar-refractivity contribution in [1.82, 2.24) is 24.5 Å². The van der Waals surface area contributed by atoms with Crippen molar-refractivity contribution in [3.8, 4) is 22.9 Å². The molecule has 0 aliphatic heterocycles. The molecule has 0 radical (unpaired) electrons. The highest BCUT2D eigenvalue weighted by molar-refractivity contribution is 7.98. The van der Waals surface area contributed by atoms with Crippen LogP contribution in [0.4, 0.5) is 0 Å². The van der Waals surface area contributed by atoms with Crippen LogP contribution in [0.15, 0.2) is 82.9 Å². The summed E-state index contributed by atoms with van der Waals surface area (Å²) in [5, 5.41) is 8.85. The fourth-order valence-electron chi connectivity index (χ4n) is 2.63. The molecule has 0 saturated carbocycles. The fourth-order valence-corrected chi connectivity index (χ4v) is 3.08. The number of hydrogen-bond donors (Lipinski definition) is 0. The minimum Gasteiger partial charge on any atom is -0.287 e. The molecule has 26 heavy (non-hydrogen) atoms. The first-order chi connectivity index (χ1) is 12.8. The predicted octanol–water partition coefficient (Wildman–Crippen LogP) is 3.20. The van der Waals surface area contributed by atoms with Gasteiger partial charge in [0.2, 0.25) is 5.43 Å². The summed E-state index contributed by atoms with van der Waals surface area (Å²) in [7, 11) is 0. The van der Waals surface area contributed by atoms with Crippen LogP contribution in [0.25, 0.3) is 22.9 Å². The molecule has 0 aliphatic rings. The molecule has 128 valence electrons. The molecular weight excluding hydrogens is 346 g/mol. The van der Waals surface area contributed by atoms with Crippen molar-refractivity contribution < 1.29 is 0 Å². The molecule has 0 saturated heterocycles. The third-order valence-corrected chi connectivity index (χ3v) is 4.60. The first kappa shape index (κ1) is 16.3. The number of rotatable bonds is 4. The second-order valence-electron chi connectivity index (χ2n) is 5.49. The van der Waals surface area contributed by atoms with Crippen LogP contribution in [0.1, 0.15) is 0 Å². The zero-order valence-corrected chi connectivity index (χ0v) is 14.8. The Morgan fingerprint density at radius 3 is 2.73 bits per heavy atom. The van der Waals surface area contributed by atoms with Gasteiger partial charge in [0.1, 0.15) is 5.69 Å². The summed E-state index contributed by atoms with van der Waals surface area (Å²) >= 11 is 1.66. The second-order valence-corrected chi connectivity index (χ2v) is 6.37. The van der Waals surface area contributed by atoms with Gasteiger partial charge in [-0.05, 0) is 42.7 Å². The van der Waals surface area contributed by atoms with Gasteiger partial charge in [0.05, 0.1) is 11.9 Å². The minimum atomic E-state index is -0.167. The van der Waals surface area contributed by atoms with Crippen LogP contribution >= 0.6 is 11.8 Å². The molecule has 0 aliphatic carbocycles. The molecule has 0 unspecified atom stereocenters. The summed E-state index contributed by atoms with van der Waals surface area (Å²) in [4.78, 5) is 17.9. The van der Waals surface area contributed by atoms with Crippen LogP contribution in [0.2, 0.25) is 0 Å². The number of hydrogen-bond acceptors (Lipinski definition) is 5. The van der Waals surface area contributed by atoms with E-state index >= 15 is 0 Å². The van der Waals surface area contributed by atoms with Crippen molar-refractivity contribution in [3.05, 3.63) is 83.4 Å². The van der Waals surface area contributed by atoms with Gasteiger partial charge in [0.25, 0.3) is 0 Å². The Kier molecular flexibility index (Phi) is 4.37. The van der Waals surface area contributed by atoms with E-state index in [2.05, 4.69) is 15.2 Å². The lowest BCUT2D eigenvalue weighted by molar-refractivity contribution is 0.812. The van der Waals surface area contributed by atoms with Crippen molar-refractivity contribution in [2.45, 2.75) is 4.90 Å². The standard InChI is InChI=1S/C19H15N5OS/c1-26-15-6-4-5-14(13-15)23-12-9-17(25)19(22-23)16-8-11-21-24(16)18-7-2-3-10-20-18/h2-13H,1H3. The zero-order valence-electron chi connectivity index (χ0n) is 14.0. The molecule has 3 aromatic heterocycles. The van der Waals surface area contributed by atoms with Crippen LogP contribution in [0, 0.1) is 0 Å². The molecule has 1 aromatic carbocycles. The van der Waals surface area contributed by atoms with E-state index in [1.807, 2.05) is 48.7 Å². The maximum absolute atomic E-state index is 12.5. The molecule has 0 bridgehead atoms. The minimum absolute atomic E-state index is 0.167. The van der Waals surface area contributed by atoms with E-state index in [1.165, 1.54) is 6.07 Å². The predicted molar refractivity (Wildman–Crippen MR) is 102 cm³/mol. The van der Waals surface area contributed by atoms with E-state index in [0.29, 0.717) is 17.2 Å². The Hall–Kier alpha value is -3.19. The summed E-state index contributed by atoms with van der Waals surface area (Å²) in [6.07, 6.45) is 7.02. The van der Waals surface area contributed by atoms with Crippen LogP contribution < -0.4 is 5.43 Å². The first-order valence-electron chi connectivity index (χ1n) is 7.96. The molecule has 6 nitrogen and oxygen atoms in total. The highest BCUT2D eigenvalue weighted by atomic mass is 32.2. The van der Waals surface area contributed by atoms with Gasteiger partial charge in [0.15, 0.2) is 11.5 Å². The van der Waals surface area contributed by atoms with E-state index in [9.17, 15) is 4.79 Å². The summed E-state index contributed by atoms with van der Waals surface area (Å²) < 4.78 is 3.32. The van der Waals surface area contributed by atoms with Crippen LogP contribution in [-0.2, 0) is 0 Å². The SMILES string of the molecule is CSc1cccc(-n2ccc(=O)c(-c3ccnn3-c3ccccn3)n2)c1. The van der Waals surface area contributed by atoms with Crippen LogP contribution in [0.3, 0.4) is 0 Å². The first-order valence-corrected chi connectivity index (χ1v) is 9.19. The third-order valence-electron chi connectivity index (χ3n) is 3.88. The van der Waals surface area contributed by atoms with Crippen molar-refractivity contribution in [2.24, 2.45) is 0 Å². The normalized spacial score (nSPS) is 10.8. The van der Waals surface area contributed by atoms with Gasteiger partial charge in [-0.15, -0.1) is 11.8 Å². The van der Waals surface area contributed by atoms with Gasteiger partial charge in [-0.25, -0.2) is 14.3 Å². The molecule has 0 fully saturated rings. The molecule has 0 N–H and O–H groups in total. The second kappa shape index (κ2) is 6.97. The summed E-state index contributed by atoms with van der Waals surface area (Å²) in [5.74, 6) is 0.633. The van der Waals surface area contributed by atoms with Gasteiger partial charge in [-0.2, -0.15) is 10.2 Å². The van der Waals surface area contributed by atoms with Gasteiger partial charge in [-0.3, -0.25) is 4.79 Å². The van der Waals surface area contributed by atoms with E-state index in [-0.39, 0.29) is 5.43 Å². The highest BCUT2D eigenvalue weighted by Gasteiger charge is 2.14. The largest absolute Gasteiger partial charge is 0.287 e. The average molecular weight is 361 g/mol. The maximum Gasteiger partial charge on any atom is 0.209 e. The molecule has 4 rings (SSSR count). The highest BCUT2D eigenvalue weighted by Crippen LogP contribution is 2.20. The molecule has 7 heteroatoms. The lowest BCUT2D eigenvalue weighted by atomic mass is 10.2. The van der Waals surface area contributed by atoms with Crippen molar-refractivity contribution >= 4 is 11.8 Å². The maximum atomic E-state index is 12.5. The number of thioether (sulfide) groups is 1. The zero-order chi connectivity index (χ0) is 17.9. The van der Waals surface area contributed by atoms with E-state index in [4.69, 9.17) is 0 Å². The fraction of sp³-hybridized carbons (Fsp3) is 0.0526. The summed E-state index contributed by atoms with van der Waals surface area (Å²) in [6.45, 7) is 0. The van der Waals surface area contributed by atoms with Crippen molar-refractivity contribution in [2.75, 3.05) is 6.26 Å². The van der Waals surface area contributed by atoms with Crippen molar-refractivity contribution in [3.63, 3.8) is 0 Å². The van der Waals surface area contributed by atoms with Gasteiger partial charge in [-0.1, -0.05) is 12.1 Å². The van der Waals surface area contributed by atoms with E-state index in [0.717, 1.165) is 10.6 Å².